The molecule has 0 aliphatic carbocycles. The lowest BCUT2D eigenvalue weighted by atomic mass is 10.2. The van der Waals surface area contributed by atoms with Crippen molar-refractivity contribution in [3.05, 3.63) is 72.2 Å². The zero-order valence-electron chi connectivity index (χ0n) is 15.5. The topological polar surface area (TPSA) is 86.5 Å². The van der Waals surface area contributed by atoms with Gasteiger partial charge in [0.05, 0.1) is 23.3 Å². The highest BCUT2D eigenvalue weighted by Crippen LogP contribution is 2.33. The zero-order valence-corrected chi connectivity index (χ0v) is 17.1. The summed E-state index contributed by atoms with van der Waals surface area (Å²) in [5.74, 6) is 0.762. The molecule has 1 aromatic heterocycles. The van der Waals surface area contributed by atoms with E-state index in [1.165, 1.54) is 11.8 Å². The zero-order chi connectivity index (χ0) is 20.3. The molecule has 29 heavy (non-hydrogen) atoms. The number of ether oxygens (including phenoxy) is 1. The Bertz CT molecular complexity index is 1110. The molecule has 0 saturated carbocycles. The summed E-state index contributed by atoms with van der Waals surface area (Å²) in [6.07, 6.45) is 2.19. The molecule has 0 N–H and O–H groups in total. The van der Waals surface area contributed by atoms with Crippen LogP contribution in [-0.4, -0.2) is 36.1 Å². The Morgan fingerprint density at radius 2 is 1.90 bits per heavy atom. The van der Waals surface area contributed by atoms with E-state index in [4.69, 9.17) is 9.15 Å². The lowest BCUT2D eigenvalue weighted by Crippen LogP contribution is -2.10. The molecule has 1 saturated heterocycles. The number of rotatable bonds is 6. The number of aromatic nitrogens is 1. The minimum Gasteiger partial charge on any atom is -0.452 e. The summed E-state index contributed by atoms with van der Waals surface area (Å²) < 4.78 is 34.4. The quantitative estimate of drug-likeness (QED) is 0.548. The van der Waals surface area contributed by atoms with Gasteiger partial charge in [0.1, 0.15) is 0 Å². The van der Waals surface area contributed by atoms with E-state index in [0.29, 0.717) is 23.6 Å². The van der Waals surface area contributed by atoms with Crippen LogP contribution in [0.15, 0.2) is 70.1 Å². The van der Waals surface area contributed by atoms with Crippen molar-refractivity contribution in [3.63, 3.8) is 0 Å². The van der Waals surface area contributed by atoms with Crippen LogP contribution < -0.4 is 0 Å². The van der Waals surface area contributed by atoms with E-state index in [1.54, 1.807) is 18.3 Å². The van der Waals surface area contributed by atoms with Crippen LogP contribution in [0.4, 0.5) is 0 Å². The minimum atomic E-state index is -2.97. The van der Waals surface area contributed by atoms with Gasteiger partial charge in [-0.05, 0) is 18.6 Å². The van der Waals surface area contributed by atoms with Gasteiger partial charge in [-0.2, -0.15) is 0 Å². The third-order valence-electron chi connectivity index (χ3n) is 4.53. The van der Waals surface area contributed by atoms with Crippen molar-refractivity contribution >= 4 is 27.6 Å². The first kappa shape index (κ1) is 19.7. The van der Waals surface area contributed by atoms with Gasteiger partial charge in [0.2, 0.25) is 5.89 Å². The van der Waals surface area contributed by atoms with Crippen LogP contribution in [0.2, 0.25) is 0 Å². The van der Waals surface area contributed by atoms with Crippen molar-refractivity contribution in [2.24, 2.45) is 0 Å². The number of benzene rings is 2. The monoisotopic (exact) mass is 429 g/mol. The molecule has 1 atom stereocenters. The molecule has 150 valence electrons. The lowest BCUT2D eigenvalue weighted by Gasteiger charge is -2.11. The number of oxazole rings is 1. The highest BCUT2D eigenvalue weighted by Gasteiger charge is 2.29. The van der Waals surface area contributed by atoms with Crippen molar-refractivity contribution in [2.45, 2.75) is 23.2 Å². The van der Waals surface area contributed by atoms with Crippen molar-refractivity contribution in [2.75, 3.05) is 11.5 Å². The van der Waals surface area contributed by atoms with Crippen molar-refractivity contribution in [1.82, 2.24) is 4.98 Å². The van der Waals surface area contributed by atoms with E-state index in [2.05, 4.69) is 4.98 Å². The predicted octanol–water partition coefficient (Wildman–Crippen LogP) is 3.98. The van der Waals surface area contributed by atoms with Gasteiger partial charge in [0.25, 0.3) is 0 Å². The molecule has 0 bridgehead atoms. The maximum Gasteiger partial charge on any atom is 0.339 e. The van der Waals surface area contributed by atoms with E-state index >= 15 is 0 Å². The number of thioether (sulfide) groups is 1. The molecule has 2 heterocycles. The molecule has 1 aliphatic rings. The van der Waals surface area contributed by atoms with E-state index in [1.807, 2.05) is 42.5 Å². The van der Waals surface area contributed by atoms with E-state index < -0.39 is 15.8 Å². The minimum absolute atomic E-state index is 0.0471. The Morgan fingerprint density at radius 1 is 1.14 bits per heavy atom. The van der Waals surface area contributed by atoms with Gasteiger partial charge in [0.15, 0.2) is 22.2 Å². The lowest BCUT2D eigenvalue weighted by molar-refractivity contribution is 0.0435. The molecular weight excluding hydrogens is 410 g/mol. The molecule has 0 radical (unpaired) electrons. The first-order valence-electron chi connectivity index (χ1n) is 9.13. The van der Waals surface area contributed by atoms with Gasteiger partial charge < -0.3 is 9.15 Å². The van der Waals surface area contributed by atoms with Gasteiger partial charge in [-0.3, -0.25) is 0 Å². The normalized spacial score (nSPS) is 17.9. The highest BCUT2D eigenvalue weighted by atomic mass is 32.2. The van der Waals surface area contributed by atoms with Gasteiger partial charge in [-0.1, -0.05) is 42.5 Å². The number of esters is 1. The first-order valence-corrected chi connectivity index (χ1v) is 11.8. The fourth-order valence-electron chi connectivity index (χ4n) is 3.09. The SMILES string of the molecule is O=C(OCc1ncc(-c2ccccc2)o1)c1ccccc1S[C@@H]1CCS(=O)(=O)C1. The average molecular weight is 430 g/mol. The number of carbonyl (C=O) groups excluding carboxylic acids is 1. The average Bonchev–Trinajstić information content (AvgIpc) is 3.33. The molecule has 4 rings (SSSR count). The molecule has 3 aromatic rings. The van der Waals surface area contributed by atoms with Crippen molar-refractivity contribution in [3.8, 4) is 11.3 Å². The van der Waals surface area contributed by atoms with Crippen LogP contribution >= 0.6 is 11.8 Å². The molecule has 1 fully saturated rings. The summed E-state index contributed by atoms with van der Waals surface area (Å²) in [6.45, 7) is -0.0809. The fraction of sp³-hybridized carbons (Fsp3) is 0.238. The van der Waals surface area contributed by atoms with E-state index in [9.17, 15) is 13.2 Å². The highest BCUT2D eigenvalue weighted by molar-refractivity contribution is 8.02. The number of hydrogen-bond donors (Lipinski definition) is 0. The summed E-state index contributed by atoms with van der Waals surface area (Å²) in [7, 11) is -2.97. The summed E-state index contributed by atoms with van der Waals surface area (Å²) in [4.78, 5) is 17.5. The fourth-order valence-corrected chi connectivity index (χ4v) is 6.71. The maximum atomic E-state index is 12.6. The molecule has 0 unspecified atom stereocenters. The summed E-state index contributed by atoms with van der Waals surface area (Å²) in [5, 5.41) is -0.0471. The van der Waals surface area contributed by atoms with Gasteiger partial charge >= 0.3 is 5.97 Å². The second kappa shape index (κ2) is 8.42. The Kier molecular flexibility index (Phi) is 5.73. The van der Waals surface area contributed by atoms with Crippen molar-refractivity contribution in [1.29, 1.82) is 0 Å². The maximum absolute atomic E-state index is 12.6. The standard InChI is InChI=1S/C21H19NO5S2/c23-21(26-13-20-22-12-18(27-20)15-6-2-1-3-7-15)17-8-4-5-9-19(17)28-16-10-11-29(24,25)14-16/h1-9,12,16H,10-11,13-14H2/t16-/m1/s1. The summed E-state index contributed by atoms with van der Waals surface area (Å²) in [6, 6.07) is 16.6. The molecule has 0 spiro atoms. The Balaban J connectivity index is 1.41. The molecular formula is C21H19NO5S2. The molecule has 6 nitrogen and oxygen atoms in total. The Morgan fingerprint density at radius 3 is 2.66 bits per heavy atom. The number of hydrogen-bond acceptors (Lipinski definition) is 7. The van der Waals surface area contributed by atoms with Crippen LogP contribution in [0.25, 0.3) is 11.3 Å². The van der Waals surface area contributed by atoms with Crippen LogP contribution in [0.1, 0.15) is 22.7 Å². The summed E-state index contributed by atoms with van der Waals surface area (Å²) >= 11 is 1.41. The third-order valence-corrected chi connectivity index (χ3v) is 7.85. The molecule has 0 amide bonds. The molecule has 2 aromatic carbocycles. The van der Waals surface area contributed by atoms with E-state index in [0.717, 1.165) is 10.5 Å². The number of carbonyl (C=O) groups is 1. The first-order chi connectivity index (χ1) is 14.0. The second-order valence-corrected chi connectivity index (χ2v) is 10.3. The van der Waals surface area contributed by atoms with Crippen LogP contribution in [-0.2, 0) is 21.2 Å². The predicted molar refractivity (Wildman–Crippen MR) is 110 cm³/mol. The molecule has 8 heteroatoms. The van der Waals surface area contributed by atoms with E-state index in [-0.39, 0.29) is 23.4 Å². The smallest absolute Gasteiger partial charge is 0.339 e. The van der Waals surface area contributed by atoms with Gasteiger partial charge in [-0.25, -0.2) is 18.2 Å². The third kappa shape index (κ3) is 4.89. The van der Waals surface area contributed by atoms with Crippen LogP contribution in [0.3, 0.4) is 0 Å². The largest absolute Gasteiger partial charge is 0.452 e. The second-order valence-electron chi connectivity index (χ2n) is 6.70. The van der Waals surface area contributed by atoms with Gasteiger partial charge in [-0.15, -0.1) is 11.8 Å². The number of sulfone groups is 1. The number of nitrogens with zero attached hydrogens (tertiary/aromatic N) is 1. The van der Waals surface area contributed by atoms with Crippen molar-refractivity contribution < 1.29 is 22.4 Å². The summed E-state index contributed by atoms with van der Waals surface area (Å²) in [5.41, 5.74) is 1.31. The van der Waals surface area contributed by atoms with Gasteiger partial charge in [0, 0.05) is 15.7 Å². The van der Waals surface area contributed by atoms with Crippen LogP contribution in [0, 0.1) is 0 Å². The van der Waals surface area contributed by atoms with Crippen LogP contribution in [0.5, 0.6) is 0 Å². The Hall–Kier alpha value is -2.58. The molecule has 1 aliphatic heterocycles. The Labute approximate surface area is 173 Å².